The van der Waals surface area contributed by atoms with Crippen LogP contribution in [0.2, 0.25) is 0 Å². The van der Waals surface area contributed by atoms with Gasteiger partial charge in [0.1, 0.15) is 11.4 Å². The lowest BCUT2D eigenvalue weighted by atomic mass is 10.1. The monoisotopic (exact) mass is 434 g/mol. The molecule has 0 aliphatic carbocycles. The fourth-order valence-corrected chi connectivity index (χ4v) is 4.26. The number of nitrogens with zero attached hydrogens (tertiary/aromatic N) is 4. The minimum atomic E-state index is -4.50. The maximum atomic E-state index is 13.5. The van der Waals surface area contributed by atoms with E-state index >= 15 is 0 Å². The van der Waals surface area contributed by atoms with E-state index in [1.54, 1.807) is 27.2 Å². The third-order valence-corrected chi connectivity index (χ3v) is 5.60. The molecule has 0 bridgehead atoms. The molecule has 1 saturated heterocycles. The van der Waals surface area contributed by atoms with E-state index in [1.807, 2.05) is 18.2 Å². The van der Waals surface area contributed by atoms with Gasteiger partial charge in [-0.15, -0.1) is 0 Å². The van der Waals surface area contributed by atoms with Crippen molar-refractivity contribution < 1.29 is 22.6 Å². The molecule has 6 nitrogen and oxygen atoms in total. The van der Waals surface area contributed by atoms with Gasteiger partial charge in [-0.05, 0) is 50.1 Å². The van der Waals surface area contributed by atoms with Crippen LogP contribution in [-0.2, 0) is 24.1 Å². The highest BCUT2D eigenvalue weighted by molar-refractivity contribution is 5.43. The summed E-state index contributed by atoms with van der Waals surface area (Å²) in [4.78, 5) is 6.49. The summed E-state index contributed by atoms with van der Waals surface area (Å²) >= 11 is 0. The molecule has 1 aliphatic heterocycles. The number of alkyl halides is 3. The number of halogens is 3. The topological polar surface area (TPSA) is 51.9 Å². The van der Waals surface area contributed by atoms with Crippen LogP contribution in [0.5, 0.6) is 5.75 Å². The summed E-state index contributed by atoms with van der Waals surface area (Å²) in [6.07, 6.45) is -2.73. The maximum Gasteiger partial charge on any atom is 0.433 e. The van der Waals surface area contributed by atoms with E-state index in [0.717, 1.165) is 46.8 Å². The molecule has 0 unspecified atom stereocenters. The van der Waals surface area contributed by atoms with Crippen LogP contribution in [0.25, 0.3) is 5.65 Å². The molecule has 0 saturated carbocycles. The number of hydrogen-bond acceptors (Lipinski definition) is 5. The predicted molar refractivity (Wildman–Crippen MR) is 109 cm³/mol. The molecule has 1 atom stereocenters. The normalized spacial score (nSPS) is 17.5. The van der Waals surface area contributed by atoms with Crippen molar-refractivity contribution in [2.24, 2.45) is 0 Å². The van der Waals surface area contributed by atoms with Gasteiger partial charge in [0.25, 0.3) is 0 Å². The number of aryl methyl sites for hydroxylation is 1. The first-order chi connectivity index (χ1) is 14.8. The van der Waals surface area contributed by atoms with Gasteiger partial charge < -0.3 is 9.47 Å². The Balaban J connectivity index is 1.67. The van der Waals surface area contributed by atoms with Gasteiger partial charge in [0.2, 0.25) is 0 Å². The van der Waals surface area contributed by atoms with Crippen LogP contribution < -0.4 is 4.74 Å². The van der Waals surface area contributed by atoms with Crippen molar-refractivity contribution in [3.8, 4) is 5.75 Å². The molecule has 9 heteroatoms. The summed E-state index contributed by atoms with van der Waals surface area (Å²) in [7, 11) is 3.28. The van der Waals surface area contributed by atoms with Gasteiger partial charge in [-0.3, -0.25) is 4.90 Å². The van der Waals surface area contributed by atoms with Crippen LogP contribution in [-0.4, -0.2) is 40.3 Å². The SMILES string of the molecule is COCc1ccc(OC)c(CN2CCC[C@@H]2c2cc3nc(C)cc(C(F)(F)F)n3n2)c1. The third-order valence-electron chi connectivity index (χ3n) is 5.60. The highest BCUT2D eigenvalue weighted by Gasteiger charge is 2.36. The number of rotatable bonds is 6. The van der Waals surface area contributed by atoms with E-state index in [2.05, 4.69) is 15.0 Å². The van der Waals surface area contributed by atoms with Gasteiger partial charge >= 0.3 is 6.18 Å². The number of aromatic nitrogens is 3. The molecule has 2 aromatic heterocycles. The number of benzene rings is 1. The van der Waals surface area contributed by atoms with Crippen LogP contribution in [0.4, 0.5) is 13.2 Å². The Morgan fingerprint density at radius 3 is 2.68 bits per heavy atom. The van der Waals surface area contributed by atoms with Crippen molar-refractivity contribution in [2.45, 2.75) is 45.1 Å². The standard InChI is InChI=1S/C22H25F3N4O2/c1-14-9-20(22(23,24)25)29-21(26-14)11-17(27-29)18-5-4-8-28(18)12-16-10-15(13-30-2)6-7-19(16)31-3/h6-7,9-11,18H,4-5,8,12-13H2,1-3H3/t18-/m1/s1. The van der Waals surface area contributed by atoms with Crippen molar-refractivity contribution >= 4 is 5.65 Å². The predicted octanol–water partition coefficient (Wildman–Crippen LogP) is 4.55. The van der Waals surface area contributed by atoms with E-state index in [0.29, 0.717) is 24.5 Å². The second kappa shape index (κ2) is 8.47. The molecule has 0 spiro atoms. The first-order valence-electron chi connectivity index (χ1n) is 10.1. The fourth-order valence-electron chi connectivity index (χ4n) is 4.26. The van der Waals surface area contributed by atoms with Gasteiger partial charge in [0, 0.05) is 31.0 Å². The molecule has 3 aromatic rings. The van der Waals surface area contributed by atoms with Crippen molar-refractivity contribution in [3.05, 3.63) is 58.5 Å². The summed E-state index contributed by atoms with van der Waals surface area (Å²) in [6, 6.07) is 8.54. The summed E-state index contributed by atoms with van der Waals surface area (Å²) in [6.45, 7) is 3.49. The molecule has 166 valence electrons. The highest BCUT2D eigenvalue weighted by Crippen LogP contribution is 2.36. The van der Waals surface area contributed by atoms with Crippen LogP contribution in [0.15, 0.2) is 30.3 Å². The van der Waals surface area contributed by atoms with Gasteiger partial charge in [-0.1, -0.05) is 6.07 Å². The van der Waals surface area contributed by atoms with Crippen molar-refractivity contribution in [3.63, 3.8) is 0 Å². The quantitative estimate of drug-likeness (QED) is 0.570. The summed E-state index contributed by atoms with van der Waals surface area (Å²) in [5.41, 5.74) is 2.38. The maximum absolute atomic E-state index is 13.5. The molecule has 1 aromatic carbocycles. The Kier molecular flexibility index (Phi) is 5.90. The van der Waals surface area contributed by atoms with Gasteiger partial charge in [-0.2, -0.15) is 18.3 Å². The van der Waals surface area contributed by atoms with E-state index in [-0.39, 0.29) is 11.7 Å². The second-order valence-electron chi connectivity index (χ2n) is 7.83. The summed E-state index contributed by atoms with van der Waals surface area (Å²) < 4.78 is 52.2. The van der Waals surface area contributed by atoms with Crippen molar-refractivity contribution in [2.75, 3.05) is 20.8 Å². The summed E-state index contributed by atoms with van der Waals surface area (Å²) in [5, 5.41) is 4.32. The Bertz CT molecular complexity index is 1080. The molecular formula is C22H25F3N4O2. The number of likely N-dealkylation sites (tertiary alicyclic amines) is 1. The lowest BCUT2D eigenvalue weighted by molar-refractivity contribution is -0.142. The van der Waals surface area contributed by atoms with Crippen LogP contribution >= 0.6 is 0 Å². The third kappa shape index (κ3) is 4.38. The number of ether oxygens (including phenoxy) is 2. The minimum Gasteiger partial charge on any atom is -0.496 e. The van der Waals surface area contributed by atoms with Crippen LogP contribution in [0.3, 0.4) is 0 Å². The Morgan fingerprint density at radius 1 is 1.16 bits per heavy atom. The molecule has 0 N–H and O–H groups in total. The minimum absolute atomic E-state index is 0.0844. The first kappa shape index (κ1) is 21.6. The van der Waals surface area contributed by atoms with E-state index in [1.165, 1.54) is 0 Å². The molecule has 3 heterocycles. The Labute approximate surface area is 178 Å². The zero-order valence-electron chi connectivity index (χ0n) is 17.7. The Hall–Kier alpha value is -2.65. The van der Waals surface area contributed by atoms with Crippen LogP contribution in [0.1, 0.15) is 47.1 Å². The average molecular weight is 434 g/mol. The molecule has 0 radical (unpaired) electrons. The first-order valence-corrected chi connectivity index (χ1v) is 10.1. The van der Waals surface area contributed by atoms with E-state index in [4.69, 9.17) is 9.47 Å². The van der Waals surface area contributed by atoms with Crippen LogP contribution in [0, 0.1) is 6.92 Å². The second-order valence-corrected chi connectivity index (χ2v) is 7.83. The van der Waals surface area contributed by atoms with Gasteiger partial charge in [-0.25, -0.2) is 9.50 Å². The summed E-state index contributed by atoms with van der Waals surface area (Å²) in [5.74, 6) is 0.775. The molecule has 0 amide bonds. The molecule has 31 heavy (non-hydrogen) atoms. The Morgan fingerprint density at radius 2 is 1.97 bits per heavy atom. The van der Waals surface area contributed by atoms with E-state index < -0.39 is 11.9 Å². The van der Waals surface area contributed by atoms with E-state index in [9.17, 15) is 13.2 Å². The number of fused-ring (bicyclic) bond motifs is 1. The zero-order chi connectivity index (χ0) is 22.2. The molecule has 1 aliphatic rings. The smallest absolute Gasteiger partial charge is 0.433 e. The molecule has 4 rings (SSSR count). The number of methoxy groups -OCH3 is 2. The molecule has 1 fully saturated rings. The fraction of sp³-hybridized carbons (Fsp3) is 0.455. The largest absolute Gasteiger partial charge is 0.496 e. The lowest BCUT2D eigenvalue weighted by Gasteiger charge is -2.24. The lowest BCUT2D eigenvalue weighted by Crippen LogP contribution is -2.23. The van der Waals surface area contributed by atoms with Gasteiger partial charge in [0.15, 0.2) is 5.65 Å². The molecular weight excluding hydrogens is 409 g/mol. The number of hydrogen-bond donors (Lipinski definition) is 0. The highest BCUT2D eigenvalue weighted by atomic mass is 19.4. The zero-order valence-corrected chi connectivity index (χ0v) is 17.7. The average Bonchev–Trinajstić information content (AvgIpc) is 3.33. The van der Waals surface area contributed by atoms with Gasteiger partial charge in [0.05, 0.1) is 25.5 Å². The van der Waals surface area contributed by atoms with Crippen molar-refractivity contribution in [1.29, 1.82) is 0 Å². The van der Waals surface area contributed by atoms with Crippen molar-refractivity contribution in [1.82, 2.24) is 19.5 Å².